The molecule has 2 amide bonds. The van der Waals surface area contributed by atoms with Crippen LogP contribution in [0.5, 0.6) is 0 Å². The van der Waals surface area contributed by atoms with Gasteiger partial charge in [-0.3, -0.25) is 9.59 Å². The molecule has 2 N–H and O–H groups in total. The van der Waals surface area contributed by atoms with E-state index in [2.05, 4.69) is 32.4 Å². The number of rotatable bonds is 4. The average Bonchev–Trinajstić information content (AvgIpc) is 2.64. The van der Waals surface area contributed by atoms with E-state index < -0.39 is 5.41 Å². The normalized spacial score (nSPS) is 26.9. The van der Waals surface area contributed by atoms with Crippen LogP contribution >= 0.6 is 0 Å². The summed E-state index contributed by atoms with van der Waals surface area (Å²) in [5, 5.41) is 6.01. The number of aromatic nitrogens is 2. The Kier molecular flexibility index (Phi) is 5.20. The molecule has 25 heavy (non-hydrogen) atoms. The number of hydrogen-bond acceptors (Lipinski definition) is 5. The topological polar surface area (TPSA) is 87.2 Å². The van der Waals surface area contributed by atoms with E-state index in [1.54, 1.807) is 6.33 Å². The number of anilines is 1. The lowest BCUT2D eigenvalue weighted by Gasteiger charge is -2.37. The summed E-state index contributed by atoms with van der Waals surface area (Å²) < 4.78 is 0. The standard InChI is InChI=1S/C18H27N5O2/c1-3-13-9-15(21-12-20-13)23-8-4-5-14(10-23)22-17(25)18(2)7-6-16(24)19-11-18/h9,12,14H,3-8,10-11H2,1-2H3,(H,19,24)(H,22,25). The van der Waals surface area contributed by atoms with Gasteiger partial charge >= 0.3 is 0 Å². The summed E-state index contributed by atoms with van der Waals surface area (Å²) in [4.78, 5) is 35.0. The third-order valence-electron chi connectivity index (χ3n) is 5.28. The summed E-state index contributed by atoms with van der Waals surface area (Å²) in [6.07, 6.45) is 5.50. The van der Waals surface area contributed by atoms with E-state index >= 15 is 0 Å². The van der Waals surface area contributed by atoms with Gasteiger partial charge in [-0.25, -0.2) is 9.97 Å². The zero-order valence-electron chi connectivity index (χ0n) is 15.0. The van der Waals surface area contributed by atoms with Crippen LogP contribution in [0, 0.1) is 5.41 Å². The van der Waals surface area contributed by atoms with Gasteiger partial charge in [-0.1, -0.05) is 6.92 Å². The molecule has 0 spiro atoms. The van der Waals surface area contributed by atoms with Crippen molar-refractivity contribution in [3.05, 3.63) is 18.1 Å². The molecule has 0 aromatic carbocycles. The van der Waals surface area contributed by atoms with Gasteiger partial charge in [0.25, 0.3) is 0 Å². The molecule has 2 aliphatic rings. The summed E-state index contributed by atoms with van der Waals surface area (Å²) in [5.41, 5.74) is 0.516. The second kappa shape index (κ2) is 7.37. The number of carbonyl (C=O) groups is 2. The molecule has 1 aromatic heterocycles. The van der Waals surface area contributed by atoms with Crippen molar-refractivity contribution in [2.45, 2.75) is 52.0 Å². The summed E-state index contributed by atoms with van der Waals surface area (Å²) >= 11 is 0. The highest BCUT2D eigenvalue weighted by molar-refractivity contribution is 5.86. The average molecular weight is 345 g/mol. The first-order chi connectivity index (χ1) is 12.0. The molecule has 2 fully saturated rings. The quantitative estimate of drug-likeness (QED) is 0.851. The number of amides is 2. The van der Waals surface area contributed by atoms with E-state index in [0.717, 1.165) is 43.9 Å². The molecule has 2 atom stereocenters. The molecule has 3 rings (SSSR count). The third-order valence-corrected chi connectivity index (χ3v) is 5.28. The minimum atomic E-state index is -0.513. The van der Waals surface area contributed by atoms with Gasteiger partial charge in [0, 0.05) is 43.9 Å². The molecular formula is C18H27N5O2. The van der Waals surface area contributed by atoms with Crippen molar-refractivity contribution in [3.8, 4) is 0 Å². The van der Waals surface area contributed by atoms with Crippen LogP contribution in [0.25, 0.3) is 0 Å². The Labute approximate surface area is 148 Å². The summed E-state index contributed by atoms with van der Waals surface area (Å²) in [6, 6.07) is 2.14. The monoisotopic (exact) mass is 345 g/mol. The molecular weight excluding hydrogens is 318 g/mol. The molecule has 136 valence electrons. The summed E-state index contributed by atoms with van der Waals surface area (Å²) in [5.74, 6) is 1.00. The van der Waals surface area contributed by atoms with Crippen molar-refractivity contribution in [2.24, 2.45) is 5.41 Å². The Bertz CT molecular complexity index is 638. The Morgan fingerprint density at radius 2 is 2.32 bits per heavy atom. The van der Waals surface area contributed by atoms with Crippen LogP contribution < -0.4 is 15.5 Å². The third kappa shape index (κ3) is 4.08. The molecule has 0 saturated carbocycles. The lowest BCUT2D eigenvalue weighted by molar-refractivity contribution is -0.135. The van der Waals surface area contributed by atoms with E-state index in [0.29, 0.717) is 19.4 Å². The predicted octanol–water partition coefficient (Wildman–Crippen LogP) is 1.04. The van der Waals surface area contributed by atoms with Crippen molar-refractivity contribution >= 4 is 17.6 Å². The van der Waals surface area contributed by atoms with Crippen LogP contribution in [0.3, 0.4) is 0 Å². The molecule has 1 aromatic rings. The van der Waals surface area contributed by atoms with Crippen molar-refractivity contribution in [2.75, 3.05) is 24.5 Å². The lowest BCUT2D eigenvalue weighted by Crippen LogP contribution is -2.55. The van der Waals surface area contributed by atoms with Gasteiger partial charge in [-0.15, -0.1) is 0 Å². The zero-order valence-corrected chi connectivity index (χ0v) is 15.0. The fourth-order valence-electron chi connectivity index (χ4n) is 3.47. The van der Waals surface area contributed by atoms with E-state index in [9.17, 15) is 9.59 Å². The van der Waals surface area contributed by atoms with Gasteiger partial charge in [-0.2, -0.15) is 0 Å². The number of hydrogen-bond donors (Lipinski definition) is 2. The van der Waals surface area contributed by atoms with Gasteiger partial charge < -0.3 is 15.5 Å². The van der Waals surface area contributed by atoms with Crippen LogP contribution in [0.2, 0.25) is 0 Å². The Morgan fingerprint density at radius 1 is 1.48 bits per heavy atom. The number of nitrogens with zero attached hydrogens (tertiary/aromatic N) is 3. The highest BCUT2D eigenvalue weighted by atomic mass is 16.2. The maximum absolute atomic E-state index is 12.7. The van der Waals surface area contributed by atoms with Crippen molar-refractivity contribution in [3.63, 3.8) is 0 Å². The Hall–Kier alpha value is -2.18. The van der Waals surface area contributed by atoms with Crippen LogP contribution in [0.15, 0.2) is 12.4 Å². The highest BCUT2D eigenvalue weighted by Crippen LogP contribution is 2.27. The van der Waals surface area contributed by atoms with Crippen LogP contribution in [0.1, 0.15) is 45.2 Å². The first-order valence-corrected chi connectivity index (χ1v) is 9.14. The van der Waals surface area contributed by atoms with Crippen molar-refractivity contribution < 1.29 is 9.59 Å². The lowest BCUT2D eigenvalue weighted by atomic mass is 9.81. The summed E-state index contributed by atoms with van der Waals surface area (Å²) in [7, 11) is 0. The first kappa shape index (κ1) is 17.6. The van der Waals surface area contributed by atoms with Gasteiger partial charge in [0.05, 0.1) is 5.41 Å². The highest BCUT2D eigenvalue weighted by Gasteiger charge is 2.38. The summed E-state index contributed by atoms with van der Waals surface area (Å²) in [6.45, 7) is 6.13. The molecule has 3 heterocycles. The Morgan fingerprint density at radius 3 is 3.04 bits per heavy atom. The maximum Gasteiger partial charge on any atom is 0.228 e. The van der Waals surface area contributed by atoms with Gasteiger partial charge in [0.1, 0.15) is 12.1 Å². The maximum atomic E-state index is 12.7. The number of aryl methyl sites for hydroxylation is 1. The Balaban J connectivity index is 1.61. The van der Waals surface area contributed by atoms with E-state index in [-0.39, 0.29) is 17.9 Å². The largest absolute Gasteiger partial charge is 0.355 e. The minimum absolute atomic E-state index is 0.0320. The van der Waals surface area contributed by atoms with Gasteiger partial charge in [0.2, 0.25) is 11.8 Å². The van der Waals surface area contributed by atoms with Crippen LogP contribution in [-0.2, 0) is 16.0 Å². The molecule has 2 aliphatic heterocycles. The fraction of sp³-hybridized carbons (Fsp3) is 0.667. The molecule has 0 bridgehead atoms. The van der Waals surface area contributed by atoms with E-state index in [1.165, 1.54) is 0 Å². The molecule has 0 aliphatic carbocycles. The molecule has 0 radical (unpaired) electrons. The number of carbonyl (C=O) groups excluding carboxylic acids is 2. The molecule has 2 unspecified atom stereocenters. The minimum Gasteiger partial charge on any atom is -0.355 e. The second-order valence-electron chi connectivity index (χ2n) is 7.32. The van der Waals surface area contributed by atoms with Crippen molar-refractivity contribution in [1.82, 2.24) is 20.6 Å². The first-order valence-electron chi connectivity index (χ1n) is 9.14. The van der Waals surface area contributed by atoms with Crippen LogP contribution in [0.4, 0.5) is 5.82 Å². The number of piperidine rings is 2. The van der Waals surface area contributed by atoms with Gasteiger partial charge in [-0.05, 0) is 32.6 Å². The predicted molar refractivity (Wildman–Crippen MR) is 95.1 cm³/mol. The van der Waals surface area contributed by atoms with E-state index in [1.807, 2.05) is 13.0 Å². The van der Waals surface area contributed by atoms with Gasteiger partial charge in [0.15, 0.2) is 0 Å². The van der Waals surface area contributed by atoms with Crippen molar-refractivity contribution in [1.29, 1.82) is 0 Å². The smallest absolute Gasteiger partial charge is 0.228 e. The fourth-order valence-corrected chi connectivity index (χ4v) is 3.47. The molecule has 7 heteroatoms. The molecule has 2 saturated heterocycles. The SMILES string of the molecule is CCc1cc(N2CCCC(NC(=O)C3(C)CCC(=O)NC3)C2)ncn1. The second-order valence-corrected chi connectivity index (χ2v) is 7.32. The van der Waals surface area contributed by atoms with Crippen LogP contribution in [-0.4, -0.2) is 47.5 Å². The van der Waals surface area contributed by atoms with E-state index in [4.69, 9.17) is 0 Å². The molecule has 7 nitrogen and oxygen atoms in total. The zero-order chi connectivity index (χ0) is 17.9. The number of nitrogens with one attached hydrogen (secondary N) is 2.